The summed E-state index contributed by atoms with van der Waals surface area (Å²) in [4.78, 5) is 33.1. The van der Waals surface area contributed by atoms with Crippen molar-refractivity contribution >= 4 is 17.8 Å². The summed E-state index contributed by atoms with van der Waals surface area (Å²) in [7, 11) is 0. The van der Waals surface area contributed by atoms with E-state index in [4.69, 9.17) is 15.9 Å². The standard InChI is InChI=1S/C12H20N2O5/c13-12(5-1-2-6-12)7-9(15)14-8(11(18)19)3-4-10(16)17/h8H,1-7,13H2,(H,14,15)(H,16,17)(H,18,19)/t8-/m0/s1. The van der Waals surface area contributed by atoms with E-state index in [-0.39, 0.29) is 19.3 Å². The minimum Gasteiger partial charge on any atom is -0.481 e. The van der Waals surface area contributed by atoms with Crippen molar-refractivity contribution in [1.82, 2.24) is 5.32 Å². The molecule has 5 N–H and O–H groups in total. The van der Waals surface area contributed by atoms with Crippen LogP contribution in [-0.4, -0.2) is 39.6 Å². The number of carboxylic acids is 2. The van der Waals surface area contributed by atoms with Crippen molar-refractivity contribution in [3.63, 3.8) is 0 Å². The van der Waals surface area contributed by atoms with E-state index in [1.54, 1.807) is 0 Å². The highest BCUT2D eigenvalue weighted by atomic mass is 16.4. The molecular formula is C12H20N2O5. The molecular weight excluding hydrogens is 252 g/mol. The van der Waals surface area contributed by atoms with Crippen LogP contribution in [0.3, 0.4) is 0 Å². The summed E-state index contributed by atoms with van der Waals surface area (Å²) in [6.45, 7) is 0. The number of aliphatic carboxylic acids is 2. The normalized spacial score (nSPS) is 18.8. The predicted molar refractivity (Wildman–Crippen MR) is 66.4 cm³/mol. The number of carbonyl (C=O) groups excluding carboxylic acids is 1. The van der Waals surface area contributed by atoms with Crippen LogP contribution in [0.15, 0.2) is 0 Å². The second-order valence-corrected chi connectivity index (χ2v) is 5.14. The van der Waals surface area contributed by atoms with Crippen molar-refractivity contribution in [2.75, 3.05) is 0 Å². The lowest BCUT2D eigenvalue weighted by atomic mass is 9.94. The number of carboxylic acid groups (broad SMARTS) is 2. The van der Waals surface area contributed by atoms with Crippen LogP contribution in [0.2, 0.25) is 0 Å². The third-order valence-electron chi connectivity index (χ3n) is 3.39. The second kappa shape index (κ2) is 6.51. The Hall–Kier alpha value is -1.63. The smallest absolute Gasteiger partial charge is 0.326 e. The molecule has 1 saturated carbocycles. The maximum absolute atomic E-state index is 11.8. The van der Waals surface area contributed by atoms with Gasteiger partial charge in [-0.05, 0) is 19.3 Å². The first-order valence-electron chi connectivity index (χ1n) is 6.35. The first-order chi connectivity index (χ1) is 8.82. The van der Waals surface area contributed by atoms with Crippen LogP contribution >= 0.6 is 0 Å². The molecule has 19 heavy (non-hydrogen) atoms. The van der Waals surface area contributed by atoms with Gasteiger partial charge in [-0.3, -0.25) is 9.59 Å². The van der Waals surface area contributed by atoms with E-state index < -0.39 is 29.4 Å². The van der Waals surface area contributed by atoms with Crippen LogP contribution in [-0.2, 0) is 14.4 Å². The Balaban J connectivity index is 2.46. The summed E-state index contributed by atoms with van der Waals surface area (Å²) >= 11 is 0. The first kappa shape index (κ1) is 15.4. The van der Waals surface area contributed by atoms with E-state index in [1.165, 1.54) is 0 Å². The number of hydrogen-bond donors (Lipinski definition) is 4. The van der Waals surface area contributed by atoms with Crippen LogP contribution in [0.5, 0.6) is 0 Å². The fraction of sp³-hybridized carbons (Fsp3) is 0.750. The average molecular weight is 272 g/mol. The quantitative estimate of drug-likeness (QED) is 0.519. The third-order valence-corrected chi connectivity index (χ3v) is 3.39. The molecule has 0 bridgehead atoms. The summed E-state index contributed by atoms with van der Waals surface area (Å²) in [5, 5.41) is 19.8. The molecule has 0 aromatic rings. The molecule has 0 unspecified atom stereocenters. The van der Waals surface area contributed by atoms with Crippen molar-refractivity contribution in [3.8, 4) is 0 Å². The highest BCUT2D eigenvalue weighted by molar-refractivity contribution is 5.84. The predicted octanol–water partition coefficient (Wildman–Crippen LogP) is 0.0822. The van der Waals surface area contributed by atoms with Crippen LogP contribution < -0.4 is 11.1 Å². The Morgan fingerprint density at radius 3 is 2.26 bits per heavy atom. The van der Waals surface area contributed by atoms with Gasteiger partial charge in [0.25, 0.3) is 0 Å². The molecule has 7 heteroatoms. The van der Waals surface area contributed by atoms with Gasteiger partial charge in [-0.2, -0.15) is 0 Å². The van der Waals surface area contributed by atoms with Gasteiger partial charge in [0.05, 0.1) is 0 Å². The van der Waals surface area contributed by atoms with Gasteiger partial charge in [0.15, 0.2) is 0 Å². The van der Waals surface area contributed by atoms with Gasteiger partial charge in [0, 0.05) is 18.4 Å². The van der Waals surface area contributed by atoms with Crippen LogP contribution in [0.1, 0.15) is 44.9 Å². The summed E-state index contributed by atoms with van der Waals surface area (Å²) in [6, 6.07) is -1.17. The van der Waals surface area contributed by atoms with E-state index in [2.05, 4.69) is 5.32 Å². The van der Waals surface area contributed by atoms with Crippen LogP contribution in [0.4, 0.5) is 0 Å². The van der Waals surface area contributed by atoms with Gasteiger partial charge in [0.2, 0.25) is 5.91 Å². The highest BCUT2D eigenvalue weighted by Gasteiger charge is 2.33. The summed E-state index contributed by atoms with van der Waals surface area (Å²) < 4.78 is 0. The molecule has 1 fully saturated rings. The van der Waals surface area contributed by atoms with E-state index >= 15 is 0 Å². The lowest BCUT2D eigenvalue weighted by Gasteiger charge is -2.23. The molecule has 0 spiro atoms. The molecule has 1 aliphatic carbocycles. The maximum Gasteiger partial charge on any atom is 0.326 e. The number of nitrogens with two attached hydrogens (primary N) is 1. The zero-order valence-electron chi connectivity index (χ0n) is 10.7. The van der Waals surface area contributed by atoms with Gasteiger partial charge >= 0.3 is 11.9 Å². The van der Waals surface area contributed by atoms with Crippen LogP contribution in [0, 0.1) is 0 Å². The molecule has 0 aliphatic heterocycles. The number of rotatable bonds is 7. The first-order valence-corrected chi connectivity index (χ1v) is 6.35. The van der Waals surface area contributed by atoms with Gasteiger partial charge < -0.3 is 21.3 Å². The van der Waals surface area contributed by atoms with Gasteiger partial charge in [-0.15, -0.1) is 0 Å². The topological polar surface area (TPSA) is 130 Å². The van der Waals surface area contributed by atoms with E-state index in [0.29, 0.717) is 0 Å². The van der Waals surface area contributed by atoms with Crippen LogP contribution in [0.25, 0.3) is 0 Å². The Labute approximate surface area is 111 Å². The molecule has 1 amide bonds. The summed E-state index contributed by atoms with van der Waals surface area (Å²) in [6.07, 6.45) is 3.12. The molecule has 0 saturated heterocycles. The third kappa shape index (κ3) is 5.25. The van der Waals surface area contributed by atoms with E-state index in [0.717, 1.165) is 25.7 Å². The zero-order chi connectivity index (χ0) is 14.5. The van der Waals surface area contributed by atoms with Crippen molar-refractivity contribution in [2.45, 2.75) is 56.5 Å². The lowest BCUT2D eigenvalue weighted by Crippen LogP contribution is -2.47. The van der Waals surface area contributed by atoms with Crippen molar-refractivity contribution < 1.29 is 24.6 Å². The van der Waals surface area contributed by atoms with Crippen molar-refractivity contribution in [2.24, 2.45) is 5.73 Å². The highest BCUT2D eigenvalue weighted by Crippen LogP contribution is 2.29. The summed E-state index contributed by atoms with van der Waals surface area (Å²) in [5.41, 5.74) is 5.49. The minimum atomic E-state index is -1.23. The molecule has 1 aliphatic rings. The number of hydrogen-bond acceptors (Lipinski definition) is 4. The lowest BCUT2D eigenvalue weighted by molar-refractivity contribution is -0.143. The molecule has 0 aromatic heterocycles. The largest absolute Gasteiger partial charge is 0.481 e. The molecule has 108 valence electrons. The van der Waals surface area contributed by atoms with Gasteiger partial charge in [0.1, 0.15) is 6.04 Å². The van der Waals surface area contributed by atoms with Crippen molar-refractivity contribution in [3.05, 3.63) is 0 Å². The fourth-order valence-electron chi connectivity index (χ4n) is 2.35. The van der Waals surface area contributed by atoms with Gasteiger partial charge in [-0.1, -0.05) is 12.8 Å². The summed E-state index contributed by atoms with van der Waals surface area (Å²) in [5.74, 6) is -2.75. The van der Waals surface area contributed by atoms with E-state index in [9.17, 15) is 14.4 Å². The molecule has 1 rings (SSSR count). The zero-order valence-corrected chi connectivity index (χ0v) is 10.7. The Kier molecular flexibility index (Phi) is 5.29. The van der Waals surface area contributed by atoms with Gasteiger partial charge in [-0.25, -0.2) is 4.79 Å². The number of carbonyl (C=O) groups is 3. The number of nitrogens with one attached hydrogen (secondary N) is 1. The maximum atomic E-state index is 11.8. The van der Waals surface area contributed by atoms with Crippen molar-refractivity contribution in [1.29, 1.82) is 0 Å². The SMILES string of the molecule is NC1(CC(=O)N[C@@H](CCC(=O)O)C(=O)O)CCCC1. The molecule has 0 aromatic carbocycles. The fourth-order valence-corrected chi connectivity index (χ4v) is 2.35. The average Bonchev–Trinajstić information content (AvgIpc) is 2.70. The Morgan fingerprint density at radius 1 is 1.21 bits per heavy atom. The minimum absolute atomic E-state index is 0.0872. The Morgan fingerprint density at radius 2 is 1.79 bits per heavy atom. The van der Waals surface area contributed by atoms with E-state index in [1.807, 2.05) is 0 Å². The molecule has 0 heterocycles. The second-order valence-electron chi connectivity index (χ2n) is 5.14. The monoisotopic (exact) mass is 272 g/mol. The molecule has 7 nitrogen and oxygen atoms in total. The number of amides is 1. The molecule has 1 atom stereocenters. The Bertz CT molecular complexity index is 363. The molecule has 0 radical (unpaired) electrons.